The van der Waals surface area contributed by atoms with E-state index in [4.69, 9.17) is 10.1 Å². The minimum atomic E-state index is -0.686. The summed E-state index contributed by atoms with van der Waals surface area (Å²) in [4.78, 5) is 23.9. The van der Waals surface area contributed by atoms with E-state index < -0.39 is 5.97 Å². The van der Waals surface area contributed by atoms with Gasteiger partial charge in [0.1, 0.15) is 0 Å². The molecule has 0 N–H and O–H groups in total. The van der Waals surface area contributed by atoms with Gasteiger partial charge in [0.05, 0.1) is 12.2 Å². The first-order chi connectivity index (χ1) is 9.67. The number of rotatable bonds is 3. The summed E-state index contributed by atoms with van der Waals surface area (Å²) in [6.07, 6.45) is 2.62. The lowest BCUT2D eigenvalue weighted by molar-refractivity contribution is -0.137. The van der Waals surface area contributed by atoms with Crippen LogP contribution in [0.15, 0.2) is 41.5 Å². The zero-order valence-electron chi connectivity index (χ0n) is 11.2. The van der Waals surface area contributed by atoms with E-state index in [2.05, 4.69) is 0 Å². The average molecular weight is 268 g/mol. The Labute approximate surface area is 117 Å². The summed E-state index contributed by atoms with van der Waals surface area (Å²) in [6, 6.07) is 7.39. The smallest absolute Gasteiger partial charge is 0.344 e. The van der Waals surface area contributed by atoms with Crippen molar-refractivity contribution in [1.82, 2.24) is 0 Å². The molecule has 0 bridgehead atoms. The zero-order chi connectivity index (χ0) is 14.5. The summed E-state index contributed by atoms with van der Waals surface area (Å²) in [5.41, 5.74) is 2.00. The van der Waals surface area contributed by atoms with Gasteiger partial charge in [-0.2, -0.15) is 0 Å². The maximum atomic E-state index is 12.3. The molecule has 0 amide bonds. The topological polar surface area (TPSA) is 65.7 Å². The molecular weight excluding hydrogens is 254 g/mol. The van der Waals surface area contributed by atoms with Gasteiger partial charge in [0.15, 0.2) is 5.78 Å². The van der Waals surface area contributed by atoms with Gasteiger partial charge < -0.3 is 10.1 Å². The van der Waals surface area contributed by atoms with E-state index in [1.54, 1.807) is 24.9 Å². The third-order valence-electron chi connectivity index (χ3n) is 3.15. The fourth-order valence-corrected chi connectivity index (χ4v) is 2.17. The summed E-state index contributed by atoms with van der Waals surface area (Å²) < 4.78 is 4.79. The Morgan fingerprint density at radius 1 is 1.40 bits per heavy atom. The molecule has 0 radical (unpaired) electrons. The van der Waals surface area contributed by atoms with Crippen LogP contribution in [0.3, 0.4) is 0 Å². The molecule has 102 valence electrons. The van der Waals surface area contributed by atoms with Crippen LogP contribution in [0.2, 0.25) is 0 Å². The SMILES string of the molecule is CCOC(=O)C(=C=[N-])/C=C1/CCc2ccccc2C1=O. The Bertz CT molecular complexity index is 637. The predicted octanol–water partition coefficient (Wildman–Crippen LogP) is 2.47. The predicted molar refractivity (Wildman–Crippen MR) is 75.7 cm³/mol. The molecule has 0 unspecified atom stereocenters. The number of nitrogens with zero attached hydrogens (tertiary/aromatic N) is 1. The van der Waals surface area contributed by atoms with E-state index in [9.17, 15) is 9.59 Å². The largest absolute Gasteiger partial charge is 0.763 e. The number of aryl methyl sites for hydroxylation is 1. The Kier molecular flexibility index (Phi) is 4.28. The fraction of sp³-hybridized carbons (Fsp3) is 0.250. The molecule has 1 aliphatic carbocycles. The molecule has 0 fully saturated rings. The van der Waals surface area contributed by atoms with Gasteiger partial charge in [0.25, 0.3) is 0 Å². The molecule has 20 heavy (non-hydrogen) atoms. The molecule has 0 saturated carbocycles. The molecule has 1 aromatic carbocycles. The molecule has 0 atom stereocenters. The first-order valence-corrected chi connectivity index (χ1v) is 6.44. The van der Waals surface area contributed by atoms with Crippen LogP contribution in [0.25, 0.3) is 5.41 Å². The second-order valence-electron chi connectivity index (χ2n) is 4.40. The van der Waals surface area contributed by atoms with Crippen molar-refractivity contribution in [1.29, 1.82) is 0 Å². The number of carbonyl (C=O) groups is 2. The van der Waals surface area contributed by atoms with Crippen molar-refractivity contribution in [2.24, 2.45) is 0 Å². The van der Waals surface area contributed by atoms with E-state index in [0.717, 1.165) is 12.0 Å². The van der Waals surface area contributed by atoms with Gasteiger partial charge in [-0.05, 0) is 31.4 Å². The Hall–Kier alpha value is -2.45. The number of ketones is 1. The van der Waals surface area contributed by atoms with Crippen LogP contribution in [0.5, 0.6) is 0 Å². The van der Waals surface area contributed by atoms with Crippen molar-refractivity contribution < 1.29 is 14.3 Å². The van der Waals surface area contributed by atoms with Gasteiger partial charge in [-0.1, -0.05) is 24.3 Å². The van der Waals surface area contributed by atoms with E-state index in [1.165, 1.54) is 6.08 Å². The maximum absolute atomic E-state index is 12.3. The number of fused-ring (bicyclic) bond motifs is 1. The number of esters is 1. The van der Waals surface area contributed by atoms with Crippen molar-refractivity contribution in [3.05, 3.63) is 58.0 Å². The second kappa shape index (κ2) is 6.13. The molecule has 1 aliphatic rings. The van der Waals surface area contributed by atoms with Crippen LogP contribution in [-0.2, 0) is 16.0 Å². The van der Waals surface area contributed by atoms with Gasteiger partial charge in [-0.3, -0.25) is 10.7 Å². The molecule has 0 heterocycles. The van der Waals surface area contributed by atoms with Gasteiger partial charge >= 0.3 is 5.97 Å². The van der Waals surface area contributed by atoms with E-state index >= 15 is 0 Å². The summed E-state index contributed by atoms with van der Waals surface area (Å²) >= 11 is 0. The molecule has 2 rings (SSSR count). The Balaban J connectivity index is 2.31. The Morgan fingerprint density at radius 3 is 2.85 bits per heavy atom. The van der Waals surface area contributed by atoms with Crippen LogP contribution in [0, 0.1) is 0 Å². The van der Waals surface area contributed by atoms with Crippen molar-refractivity contribution >= 4 is 17.6 Å². The van der Waals surface area contributed by atoms with E-state index in [1.807, 2.05) is 12.1 Å². The highest BCUT2D eigenvalue weighted by atomic mass is 16.5. The lowest BCUT2D eigenvalue weighted by atomic mass is 9.86. The number of Topliss-reactive ketones (excluding diaryl/α,β-unsaturated/α-hetero) is 1. The first-order valence-electron chi connectivity index (χ1n) is 6.44. The van der Waals surface area contributed by atoms with Crippen LogP contribution in [0.1, 0.15) is 29.3 Å². The number of hydrogen-bond donors (Lipinski definition) is 0. The molecule has 0 aromatic heterocycles. The number of benzene rings is 1. The number of carbonyl (C=O) groups excluding carboxylic acids is 2. The number of ether oxygens (including phenoxy) is 1. The first kappa shape index (κ1) is 14.0. The molecule has 0 spiro atoms. The van der Waals surface area contributed by atoms with Gasteiger partial charge in [-0.25, -0.2) is 4.79 Å². The summed E-state index contributed by atoms with van der Waals surface area (Å²) in [7, 11) is 0. The standard InChI is InChI=1S/C16H14NO3/c1-2-20-16(19)13(10-17)9-12-8-7-11-5-3-4-6-14(11)15(12)18/h3-6,9H,2,7-8H2,1H3/q-1/b12-9-. The highest BCUT2D eigenvalue weighted by molar-refractivity contribution is 6.13. The van der Waals surface area contributed by atoms with Crippen molar-refractivity contribution in [3.63, 3.8) is 0 Å². The highest BCUT2D eigenvalue weighted by Gasteiger charge is 2.22. The molecule has 1 aromatic rings. The van der Waals surface area contributed by atoms with Gasteiger partial charge in [0, 0.05) is 11.1 Å². The molecular formula is C16H14NO3-. The van der Waals surface area contributed by atoms with Crippen LogP contribution < -0.4 is 0 Å². The lowest BCUT2D eigenvalue weighted by Gasteiger charge is -2.17. The molecule has 4 heteroatoms. The maximum Gasteiger partial charge on any atom is 0.344 e. The highest BCUT2D eigenvalue weighted by Crippen LogP contribution is 2.25. The van der Waals surface area contributed by atoms with Gasteiger partial charge in [-0.15, -0.1) is 0 Å². The molecule has 0 saturated heterocycles. The fourth-order valence-electron chi connectivity index (χ4n) is 2.17. The number of allylic oxidation sites excluding steroid dienone is 1. The second-order valence-corrected chi connectivity index (χ2v) is 4.40. The summed E-state index contributed by atoms with van der Waals surface area (Å²) in [6.45, 7) is 1.87. The van der Waals surface area contributed by atoms with Crippen LogP contribution in [-0.4, -0.2) is 24.2 Å². The lowest BCUT2D eigenvalue weighted by Crippen LogP contribution is -2.15. The normalized spacial score (nSPS) is 15.4. The van der Waals surface area contributed by atoms with Crippen LogP contribution >= 0.6 is 0 Å². The summed E-state index contributed by atoms with van der Waals surface area (Å²) in [5.74, 6) is 0.985. The molecule has 0 aliphatic heterocycles. The van der Waals surface area contributed by atoms with Crippen molar-refractivity contribution in [3.8, 4) is 0 Å². The minimum Gasteiger partial charge on any atom is -0.763 e. The quantitative estimate of drug-likeness (QED) is 0.480. The number of hydrogen-bond acceptors (Lipinski definition) is 3. The van der Waals surface area contributed by atoms with E-state index in [-0.39, 0.29) is 18.0 Å². The van der Waals surface area contributed by atoms with E-state index in [0.29, 0.717) is 17.6 Å². The monoisotopic (exact) mass is 268 g/mol. The van der Waals surface area contributed by atoms with Crippen molar-refractivity contribution in [2.45, 2.75) is 19.8 Å². The summed E-state index contributed by atoms with van der Waals surface area (Å²) in [5, 5.41) is 8.99. The van der Waals surface area contributed by atoms with Gasteiger partial charge in [0.2, 0.25) is 0 Å². The third-order valence-corrected chi connectivity index (χ3v) is 3.15. The Morgan fingerprint density at radius 2 is 2.15 bits per heavy atom. The average Bonchev–Trinajstić information content (AvgIpc) is 2.47. The third kappa shape index (κ3) is 2.76. The van der Waals surface area contributed by atoms with Crippen LogP contribution in [0.4, 0.5) is 0 Å². The zero-order valence-corrected chi connectivity index (χ0v) is 11.2. The molecule has 4 nitrogen and oxygen atoms in total. The minimum absolute atomic E-state index is 0.121. The van der Waals surface area contributed by atoms with Crippen molar-refractivity contribution in [2.75, 3.05) is 6.61 Å².